The van der Waals surface area contributed by atoms with E-state index in [1.807, 2.05) is 12.1 Å². The van der Waals surface area contributed by atoms with Crippen LogP contribution in [0.15, 0.2) is 42.6 Å². The summed E-state index contributed by atoms with van der Waals surface area (Å²) in [5, 5.41) is 6.14. The van der Waals surface area contributed by atoms with Crippen LogP contribution in [-0.4, -0.2) is 16.9 Å². The van der Waals surface area contributed by atoms with E-state index in [2.05, 4.69) is 15.6 Å². The molecule has 114 valence electrons. The summed E-state index contributed by atoms with van der Waals surface area (Å²) in [5.74, 6) is 0.186. The Balaban J connectivity index is 1.60. The molecule has 0 spiro atoms. The SMILES string of the molecule is O=C(Nc1ccc(NC2CCCC2)nc1)c1ccc(F)cc1. The number of nitrogens with one attached hydrogen (secondary N) is 2. The Labute approximate surface area is 128 Å². The van der Waals surface area contributed by atoms with Crippen LogP contribution in [0.1, 0.15) is 36.0 Å². The van der Waals surface area contributed by atoms with E-state index < -0.39 is 0 Å². The number of carbonyl (C=O) groups is 1. The molecule has 4 nitrogen and oxygen atoms in total. The van der Waals surface area contributed by atoms with Gasteiger partial charge in [-0.1, -0.05) is 12.8 Å². The van der Waals surface area contributed by atoms with Gasteiger partial charge in [0.25, 0.3) is 5.91 Å². The van der Waals surface area contributed by atoms with Crippen molar-refractivity contribution >= 4 is 17.4 Å². The summed E-state index contributed by atoms with van der Waals surface area (Å²) in [4.78, 5) is 16.3. The van der Waals surface area contributed by atoms with E-state index in [4.69, 9.17) is 0 Å². The lowest BCUT2D eigenvalue weighted by atomic mass is 10.2. The summed E-state index contributed by atoms with van der Waals surface area (Å²) in [6.07, 6.45) is 6.53. The van der Waals surface area contributed by atoms with Gasteiger partial charge < -0.3 is 10.6 Å². The van der Waals surface area contributed by atoms with Gasteiger partial charge in [-0.05, 0) is 49.2 Å². The van der Waals surface area contributed by atoms with Crippen molar-refractivity contribution in [2.75, 3.05) is 10.6 Å². The fraction of sp³-hybridized carbons (Fsp3) is 0.294. The molecule has 1 aliphatic carbocycles. The first-order valence-corrected chi connectivity index (χ1v) is 7.50. The minimum atomic E-state index is -0.361. The van der Waals surface area contributed by atoms with Crippen molar-refractivity contribution in [1.82, 2.24) is 4.98 Å². The first kappa shape index (κ1) is 14.5. The number of halogens is 1. The Hall–Kier alpha value is -2.43. The van der Waals surface area contributed by atoms with Crippen LogP contribution in [0.5, 0.6) is 0 Å². The van der Waals surface area contributed by atoms with Crippen LogP contribution in [0.4, 0.5) is 15.9 Å². The molecule has 1 amide bonds. The first-order chi connectivity index (χ1) is 10.7. The first-order valence-electron chi connectivity index (χ1n) is 7.50. The molecule has 5 heteroatoms. The Morgan fingerprint density at radius 2 is 1.82 bits per heavy atom. The van der Waals surface area contributed by atoms with Gasteiger partial charge in [0.1, 0.15) is 11.6 Å². The molecule has 1 aliphatic rings. The van der Waals surface area contributed by atoms with Crippen molar-refractivity contribution in [3.63, 3.8) is 0 Å². The number of carbonyl (C=O) groups excluding carboxylic acids is 1. The average molecular weight is 299 g/mol. The molecule has 0 aliphatic heterocycles. The molecule has 0 saturated heterocycles. The number of aromatic nitrogens is 1. The zero-order valence-electron chi connectivity index (χ0n) is 12.2. The minimum Gasteiger partial charge on any atom is -0.367 e. The second kappa shape index (κ2) is 6.56. The highest BCUT2D eigenvalue weighted by atomic mass is 19.1. The molecule has 1 fully saturated rings. The predicted molar refractivity (Wildman–Crippen MR) is 84.5 cm³/mol. The number of amides is 1. The van der Waals surface area contributed by atoms with Gasteiger partial charge in [-0.3, -0.25) is 4.79 Å². The van der Waals surface area contributed by atoms with Crippen molar-refractivity contribution in [3.8, 4) is 0 Å². The van der Waals surface area contributed by atoms with Crippen molar-refractivity contribution < 1.29 is 9.18 Å². The van der Waals surface area contributed by atoms with E-state index in [1.165, 1.54) is 49.9 Å². The van der Waals surface area contributed by atoms with Gasteiger partial charge in [-0.25, -0.2) is 9.37 Å². The van der Waals surface area contributed by atoms with Crippen LogP contribution in [0.25, 0.3) is 0 Å². The maximum absolute atomic E-state index is 12.8. The number of pyridine rings is 1. The smallest absolute Gasteiger partial charge is 0.255 e. The molecule has 1 aromatic carbocycles. The third-order valence-corrected chi connectivity index (χ3v) is 3.83. The largest absolute Gasteiger partial charge is 0.367 e. The van der Waals surface area contributed by atoms with Gasteiger partial charge >= 0.3 is 0 Å². The lowest BCUT2D eigenvalue weighted by molar-refractivity contribution is 0.102. The molecule has 3 rings (SSSR count). The van der Waals surface area contributed by atoms with E-state index in [0.29, 0.717) is 17.3 Å². The highest BCUT2D eigenvalue weighted by Crippen LogP contribution is 2.21. The van der Waals surface area contributed by atoms with Gasteiger partial charge in [0.15, 0.2) is 0 Å². The molecule has 1 aromatic heterocycles. The monoisotopic (exact) mass is 299 g/mol. The number of benzene rings is 1. The minimum absolute atomic E-state index is 0.279. The normalized spacial score (nSPS) is 14.8. The van der Waals surface area contributed by atoms with Gasteiger partial charge in [-0.15, -0.1) is 0 Å². The third kappa shape index (κ3) is 3.61. The lowest BCUT2D eigenvalue weighted by Crippen LogP contribution is -2.16. The molecule has 2 N–H and O–H groups in total. The highest BCUT2D eigenvalue weighted by Gasteiger charge is 2.14. The van der Waals surface area contributed by atoms with Crippen LogP contribution < -0.4 is 10.6 Å². The van der Waals surface area contributed by atoms with Gasteiger partial charge in [0.05, 0.1) is 11.9 Å². The van der Waals surface area contributed by atoms with Crippen LogP contribution >= 0.6 is 0 Å². The number of hydrogen-bond donors (Lipinski definition) is 2. The topological polar surface area (TPSA) is 54.0 Å². The molecule has 0 atom stereocenters. The predicted octanol–water partition coefficient (Wildman–Crippen LogP) is 3.83. The van der Waals surface area contributed by atoms with Crippen molar-refractivity contribution in [2.45, 2.75) is 31.7 Å². The van der Waals surface area contributed by atoms with E-state index in [1.54, 1.807) is 6.20 Å². The van der Waals surface area contributed by atoms with Crippen LogP contribution in [0.3, 0.4) is 0 Å². The summed E-state index contributed by atoms with van der Waals surface area (Å²) >= 11 is 0. The van der Waals surface area contributed by atoms with Gasteiger partial charge in [0, 0.05) is 11.6 Å². The average Bonchev–Trinajstić information content (AvgIpc) is 3.03. The van der Waals surface area contributed by atoms with E-state index in [9.17, 15) is 9.18 Å². The zero-order valence-corrected chi connectivity index (χ0v) is 12.2. The number of nitrogens with zero attached hydrogens (tertiary/aromatic N) is 1. The number of hydrogen-bond acceptors (Lipinski definition) is 3. The van der Waals surface area contributed by atoms with Crippen molar-refractivity contribution in [3.05, 3.63) is 54.0 Å². The molecule has 0 radical (unpaired) electrons. The standard InChI is InChI=1S/C17H18FN3O/c18-13-7-5-12(6-8-13)17(22)21-15-9-10-16(19-11-15)20-14-3-1-2-4-14/h5-11,14H,1-4H2,(H,19,20)(H,21,22). The lowest BCUT2D eigenvalue weighted by Gasteiger charge is -2.13. The second-order valence-corrected chi connectivity index (χ2v) is 5.52. The summed E-state index contributed by atoms with van der Waals surface area (Å²) in [6.45, 7) is 0. The Morgan fingerprint density at radius 1 is 1.09 bits per heavy atom. The zero-order chi connectivity index (χ0) is 15.4. The number of rotatable bonds is 4. The summed E-state index contributed by atoms with van der Waals surface area (Å²) < 4.78 is 12.8. The van der Waals surface area contributed by atoms with Crippen LogP contribution in [0.2, 0.25) is 0 Å². The van der Waals surface area contributed by atoms with Gasteiger partial charge in [0.2, 0.25) is 0 Å². The van der Waals surface area contributed by atoms with Crippen LogP contribution in [0, 0.1) is 5.82 Å². The molecular weight excluding hydrogens is 281 g/mol. The summed E-state index contributed by atoms with van der Waals surface area (Å²) in [5.41, 5.74) is 1.03. The fourth-order valence-corrected chi connectivity index (χ4v) is 2.64. The molecule has 0 unspecified atom stereocenters. The Morgan fingerprint density at radius 3 is 2.45 bits per heavy atom. The van der Waals surface area contributed by atoms with E-state index in [0.717, 1.165) is 5.82 Å². The fourth-order valence-electron chi connectivity index (χ4n) is 2.64. The second-order valence-electron chi connectivity index (χ2n) is 5.52. The molecule has 1 saturated carbocycles. The maximum atomic E-state index is 12.8. The summed E-state index contributed by atoms with van der Waals surface area (Å²) in [7, 11) is 0. The number of anilines is 2. The molecule has 0 bridgehead atoms. The molecule has 1 heterocycles. The highest BCUT2D eigenvalue weighted by molar-refractivity contribution is 6.04. The van der Waals surface area contributed by atoms with Gasteiger partial charge in [-0.2, -0.15) is 0 Å². The van der Waals surface area contributed by atoms with E-state index in [-0.39, 0.29) is 11.7 Å². The third-order valence-electron chi connectivity index (χ3n) is 3.83. The molecule has 2 aromatic rings. The Bertz CT molecular complexity index is 634. The Kier molecular flexibility index (Phi) is 4.32. The molecule has 22 heavy (non-hydrogen) atoms. The molecular formula is C17H18FN3O. The quantitative estimate of drug-likeness (QED) is 0.902. The van der Waals surface area contributed by atoms with Crippen LogP contribution in [-0.2, 0) is 0 Å². The maximum Gasteiger partial charge on any atom is 0.255 e. The van der Waals surface area contributed by atoms with Crippen molar-refractivity contribution in [1.29, 1.82) is 0 Å². The van der Waals surface area contributed by atoms with E-state index >= 15 is 0 Å². The summed E-state index contributed by atoms with van der Waals surface area (Å²) in [6, 6.07) is 9.61. The van der Waals surface area contributed by atoms with Crippen molar-refractivity contribution in [2.24, 2.45) is 0 Å².